The van der Waals surface area contributed by atoms with E-state index in [1.165, 1.54) is 21.5 Å². The van der Waals surface area contributed by atoms with Crippen molar-refractivity contribution in [1.82, 2.24) is 0 Å². The molecule has 2 heteroatoms. The summed E-state index contributed by atoms with van der Waals surface area (Å²) in [4.78, 5) is 28.9. The second kappa shape index (κ2) is 11.5. The standard InChI is InChI=1S/C54H30O2/c55-53-47-19-7-17-43-39(25-27-45(51(43)47)41-23-21-33(29-49(41)53)37-15-5-11-31-9-1-3-13-35(31)37)40-26-28-46-42-24-22-34(38-16-6-12-32-10-2-4-14-36(32)38)30-50(42)54(56)48-20-8-18-44(40)52(46)48/h1-30H. The fourth-order valence-electron chi connectivity index (χ4n) is 9.62. The van der Waals surface area contributed by atoms with Gasteiger partial charge in [0.1, 0.15) is 0 Å². The molecule has 0 saturated carbocycles. The lowest BCUT2D eigenvalue weighted by Gasteiger charge is -2.24. The molecule has 258 valence electrons. The molecule has 0 fully saturated rings. The van der Waals surface area contributed by atoms with Crippen LogP contribution < -0.4 is 0 Å². The molecule has 10 aromatic carbocycles. The summed E-state index contributed by atoms with van der Waals surface area (Å²) in [5.41, 5.74) is 13.3. The predicted octanol–water partition coefficient (Wildman–Crippen LogP) is 13.7. The van der Waals surface area contributed by atoms with Crippen LogP contribution in [0.2, 0.25) is 0 Å². The Bertz CT molecular complexity index is 3160. The van der Waals surface area contributed by atoms with E-state index in [1.54, 1.807) is 0 Å². The lowest BCUT2D eigenvalue weighted by molar-refractivity contribution is 0.103. The minimum Gasteiger partial charge on any atom is -0.289 e. The summed E-state index contributed by atoms with van der Waals surface area (Å²) < 4.78 is 0. The van der Waals surface area contributed by atoms with Gasteiger partial charge < -0.3 is 0 Å². The molecule has 0 N–H and O–H groups in total. The highest BCUT2D eigenvalue weighted by atomic mass is 16.1. The number of carbonyl (C=O) groups is 2. The Morgan fingerprint density at radius 3 is 1.07 bits per heavy atom. The van der Waals surface area contributed by atoms with Crippen molar-refractivity contribution < 1.29 is 9.59 Å². The van der Waals surface area contributed by atoms with Crippen LogP contribution in [-0.2, 0) is 0 Å². The van der Waals surface area contributed by atoms with E-state index >= 15 is 0 Å². The zero-order valence-electron chi connectivity index (χ0n) is 30.1. The molecule has 10 aromatic rings. The van der Waals surface area contributed by atoms with E-state index in [0.29, 0.717) is 0 Å². The van der Waals surface area contributed by atoms with Crippen molar-refractivity contribution in [2.45, 2.75) is 0 Å². The summed E-state index contributed by atoms with van der Waals surface area (Å²) in [6, 6.07) is 63.0. The quantitative estimate of drug-likeness (QED) is 0.183. The Morgan fingerprint density at radius 2 is 0.589 bits per heavy atom. The zero-order chi connectivity index (χ0) is 37.1. The van der Waals surface area contributed by atoms with Crippen LogP contribution in [0.25, 0.3) is 98.7 Å². The smallest absolute Gasteiger partial charge is 0.194 e. The van der Waals surface area contributed by atoms with E-state index in [4.69, 9.17) is 0 Å². The maximum absolute atomic E-state index is 14.4. The van der Waals surface area contributed by atoms with Crippen molar-refractivity contribution >= 4 is 54.7 Å². The lowest BCUT2D eigenvalue weighted by Crippen LogP contribution is -2.11. The summed E-state index contributed by atoms with van der Waals surface area (Å²) in [5.74, 6) is 0.0820. The molecule has 2 nitrogen and oxygen atoms in total. The molecule has 12 rings (SSSR count). The van der Waals surface area contributed by atoms with Crippen LogP contribution in [0.1, 0.15) is 31.8 Å². The number of ketones is 2. The van der Waals surface area contributed by atoms with Crippen molar-refractivity contribution in [2.75, 3.05) is 0 Å². The Morgan fingerprint density at radius 1 is 0.232 bits per heavy atom. The maximum Gasteiger partial charge on any atom is 0.194 e. The van der Waals surface area contributed by atoms with Gasteiger partial charge in [0.2, 0.25) is 0 Å². The zero-order valence-corrected chi connectivity index (χ0v) is 30.1. The molecule has 0 heterocycles. The third-order valence-electron chi connectivity index (χ3n) is 12.2. The van der Waals surface area contributed by atoms with Crippen molar-refractivity contribution in [3.05, 3.63) is 204 Å². The Kier molecular flexibility index (Phi) is 6.38. The van der Waals surface area contributed by atoms with Crippen LogP contribution in [0.15, 0.2) is 182 Å². The van der Waals surface area contributed by atoms with Crippen LogP contribution in [0, 0.1) is 0 Å². The largest absolute Gasteiger partial charge is 0.289 e. The minimum atomic E-state index is 0.0410. The lowest BCUT2D eigenvalue weighted by atomic mass is 9.78. The van der Waals surface area contributed by atoms with E-state index in [9.17, 15) is 9.59 Å². The SMILES string of the molecule is O=C1c2cc(-c3cccc4ccccc34)ccc2-c2ccc(-c3ccc4c5c(cccc35)C(=O)c3cc(-c5cccc6ccccc56)ccc3-4)c3cccc1c23. The molecule has 56 heavy (non-hydrogen) atoms. The molecule has 0 aliphatic heterocycles. The Labute approximate surface area is 322 Å². The number of hydrogen-bond acceptors (Lipinski definition) is 2. The second-order valence-electron chi connectivity index (χ2n) is 15.0. The van der Waals surface area contributed by atoms with Gasteiger partial charge in [-0.25, -0.2) is 0 Å². The number of hydrogen-bond donors (Lipinski definition) is 0. The minimum absolute atomic E-state index is 0.0410. The molecular formula is C54H30O2. The van der Waals surface area contributed by atoms with Crippen LogP contribution in [0.4, 0.5) is 0 Å². The summed E-state index contributed by atoms with van der Waals surface area (Å²) >= 11 is 0. The topological polar surface area (TPSA) is 34.1 Å². The number of fused-ring (bicyclic) bond motifs is 6. The molecule has 2 aliphatic rings. The first kappa shape index (κ1) is 31.0. The Hall–Kier alpha value is -7.42. The van der Waals surface area contributed by atoms with E-state index in [-0.39, 0.29) is 11.6 Å². The average Bonchev–Trinajstić information content (AvgIpc) is 3.26. The molecule has 0 spiro atoms. The van der Waals surface area contributed by atoms with Gasteiger partial charge in [0.15, 0.2) is 11.6 Å². The van der Waals surface area contributed by atoms with Crippen LogP contribution >= 0.6 is 0 Å². The van der Waals surface area contributed by atoms with Gasteiger partial charge in [0.05, 0.1) is 0 Å². The molecule has 0 saturated heterocycles. The van der Waals surface area contributed by atoms with Gasteiger partial charge in [0, 0.05) is 33.0 Å². The highest BCUT2D eigenvalue weighted by Crippen LogP contribution is 2.48. The first-order valence-corrected chi connectivity index (χ1v) is 19.1. The molecule has 0 radical (unpaired) electrons. The van der Waals surface area contributed by atoms with Gasteiger partial charge in [-0.05, 0) is 100 Å². The molecule has 0 aromatic heterocycles. The maximum atomic E-state index is 14.4. The van der Waals surface area contributed by atoms with Crippen molar-refractivity contribution in [1.29, 1.82) is 0 Å². The van der Waals surface area contributed by atoms with Crippen molar-refractivity contribution in [3.63, 3.8) is 0 Å². The molecule has 2 aliphatic carbocycles. The number of rotatable bonds is 3. The molecule has 0 bridgehead atoms. The van der Waals surface area contributed by atoms with Gasteiger partial charge in [0.25, 0.3) is 0 Å². The summed E-state index contributed by atoms with van der Waals surface area (Å²) in [6.07, 6.45) is 0. The first-order chi connectivity index (χ1) is 27.6. The molecular weight excluding hydrogens is 681 g/mol. The highest BCUT2D eigenvalue weighted by molar-refractivity contribution is 6.30. The van der Waals surface area contributed by atoms with Gasteiger partial charge >= 0.3 is 0 Å². The van der Waals surface area contributed by atoms with Crippen molar-refractivity contribution in [3.8, 4) is 55.6 Å². The van der Waals surface area contributed by atoms with Gasteiger partial charge in [-0.1, -0.05) is 170 Å². The normalized spacial score (nSPS) is 12.7. The number of carbonyl (C=O) groups excluding carboxylic acids is 2. The second-order valence-corrected chi connectivity index (χ2v) is 15.0. The predicted molar refractivity (Wildman–Crippen MR) is 231 cm³/mol. The summed E-state index contributed by atoms with van der Waals surface area (Å²) in [6.45, 7) is 0. The van der Waals surface area contributed by atoms with Gasteiger partial charge in [-0.2, -0.15) is 0 Å². The van der Waals surface area contributed by atoms with Crippen LogP contribution in [-0.4, -0.2) is 11.6 Å². The summed E-state index contributed by atoms with van der Waals surface area (Å²) in [5, 5.41) is 8.70. The monoisotopic (exact) mass is 710 g/mol. The van der Waals surface area contributed by atoms with Crippen LogP contribution in [0.3, 0.4) is 0 Å². The van der Waals surface area contributed by atoms with E-state index in [1.807, 2.05) is 24.3 Å². The van der Waals surface area contributed by atoms with Crippen LogP contribution in [0.5, 0.6) is 0 Å². The molecule has 0 atom stereocenters. The van der Waals surface area contributed by atoms with Gasteiger partial charge in [-0.3, -0.25) is 9.59 Å². The first-order valence-electron chi connectivity index (χ1n) is 19.1. The van der Waals surface area contributed by atoms with Gasteiger partial charge in [-0.15, -0.1) is 0 Å². The van der Waals surface area contributed by atoms with E-state index < -0.39 is 0 Å². The fourth-order valence-corrected chi connectivity index (χ4v) is 9.62. The summed E-state index contributed by atoms with van der Waals surface area (Å²) in [7, 11) is 0. The molecule has 0 amide bonds. The fraction of sp³-hybridized carbons (Fsp3) is 0. The molecule has 0 unspecified atom stereocenters. The number of benzene rings is 10. The Balaban J connectivity index is 1.01. The third kappa shape index (κ3) is 4.27. The van der Waals surface area contributed by atoms with Crippen molar-refractivity contribution in [2.24, 2.45) is 0 Å². The van der Waals surface area contributed by atoms with E-state index in [0.717, 1.165) is 99.4 Å². The average molecular weight is 711 g/mol. The van der Waals surface area contributed by atoms with E-state index in [2.05, 4.69) is 158 Å². The third-order valence-corrected chi connectivity index (χ3v) is 12.2. The highest BCUT2D eigenvalue weighted by Gasteiger charge is 2.30.